The second kappa shape index (κ2) is 11.3. The van der Waals surface area contributed by atoms with Crippen LogP contribution in [0.5, 0.6) is 5.75 Å². The van der Waals surface area contributed by atoms with Crippen molar-refractivity contribution in [3.05, 3.63) is 46.8 Å². The van der Waals surface area contributed by atoms with Crippen molar-refractivity contribution in [3.8, 4) is 5.75 Å². The predicted octanol–water partition coefficient (Wildman–Crippen LogP) is 3.42. The van der Waals surface area contributed by atoms with Crippen LogP contribution in [0.25, 0.3) is 0 Å². The fourth-order valence-corrected chi connectivity index (χ4v) is 3.92. The minimum absolute atomic E-state index is 0.0868. The van der Waals surface area contributed by atoms with E-state index in [1.54, 1.807) is 36.1 Å². The van der Waals surface area contributed by atoms with Crippen LogP contribution >= 0.6 is 0 Å². The molecule has 3 rings (SSSR count). The van der Waals surface area contributed by atoms with Gasteiger partial charge >= 0.3 is 5.97 Å². The molecule has 1 aromatic carbocycles. The number of carbonyl (C=O) groups excluding carboxylic acids is 2. The van der Waals surface area contributed by atoms with Crippen LogP contribution in [-0.2, 0) is 28.9 Å². The number of fused-ring (bicyclic) bond motifs is 1. The molecule has 1 aliphatic rings. The van der Waals surface area contributed by atoms with E-state index in [0.717, 1.165) is 30.5 Å². The summed E-state index contributed by atoms with van der Waals surface area (Å²) in [5.41, 5.74) is 2.61. The van der Waals surface area contributed by atoms with E-state index in [-0.39, 0.29) is 23.9 Å². The van der Waals surface area contributed by atoms with Crippen LogP contribution < -0.4 is 10.1 Å². The van der Waals surface area contributed by atoms with E-state index in [1.807, 2.05) is 20.8 Å². The lowest BCUT2D eigenvalue weighted by Gasteiger charge is -2.24. The van der Waals surface area contributed by atoms with Crippen LogP contribution in [0, 0.1) is 5.41 Å². The smallest absolute Gasteiger partial charge is 0.338 e. The molecular formula is C25H35N3O5. The maximum atomic E-state index is 12.9. The second-order valence-corrected chi connectivity index (χ2v) is 9.06. The van der Waals surface area contributed by atoms with Crippen molar-refractivity contribution in [1.82, 2.24) is 15.1 Å². The molecule has 0 spiro atoms. The summed E-state index contributed by atoms with van der Waals surface area (Å²) in [5, 5.41) is 7.77. The molecule has 2 heterocycles. The summed E-state index contributed by atoms with van der Waals surface area (Å²) in [5.74, 6) is 0.225. The Hall–Kier alpha value is -2.87. The number of methoxy groups -OCH3 is 1. The third-order valence-corrected chi connectivity index (χ3v) is 5.68. The first-order valence-electron chi connectivity index (χ1n) is 11.6. The monoisotopic (exact) mass is 457 g/mol. The van der Waals surface area contributed by atoms with Gasteiger partial charge in [0.25, 0.3) is 5.91 Å². The van der Waals surface area contributed by atoms with Crippen molar-refractivity contribution in [2.45, 2.75) is 53.0 Å². The van der Waals surface area contributed by atoms with Gasteiger partial charge in [-0.3, -0.25) is 9.48 Å². The van der Waals surface area contributed by atoms with Gasteiger partial charge in [0.2, 0.25) is 0 Å². The fourth-order valence-electron chi connectivity index (χ4n) is 3.92. The summed E-state index contributed by atoms with van der Waals surface area (Å²) >= 11 is 0. The third kappa shape index (κ3) is 6.57. The van der Waals surface area contributed by atoms with Crippen molar-refractivity contribution in [2.24, 2.45) is 5.41 Å². The molecule has 0 saturated heterocycles. The molecule has 33 heavy (non-hydrogen) atoms. The number of aryl methyl sites for hydroxylation is 1. The van der Waals surface area contributed by atoms with Crippen LogP contribution in [0.1, 0.15) is 65.7 Å². The molecule has 1 amide bonds. The predicted molar refractivity (Wildman–Crippen MR) is 125 cm³/mol. The zero-order valence-electron chi connectivity index (χ0n) is 20.1. The summed E-state index contributed by atoms with van der Waals surface area (Å²) in [6.07, 6.45) is 2.93. The van der Waals surface area contributed by atoms with Crippen molar-refractivity contribution in [1.29, 1.82) is 0 Å². The van der Waals surface area contributed by atoms with E-state index in [4.69, 9.17) is 19.3 Å². The highest BCUT2D eigenvalue weighted by atomic mass is 16.5. The lowest BCUT2D eigenvalue weighted by Crippen LogP contribution is -2.28. The molecule has 0 bridgehead atoms. The molecule has 2 aromatic rings. The zero-order chi connectivity index (χ0) is 23.8. The van der Waals surface area contributed by atoms with Crippen LogP contribution in [0.4, 0.5) is 0 Å². The van der Waals surface area contributed by atoms with E-state index < -0.39 is 0 Å². The van der Waals surface area contributed by atoms with Crippen molar-refractivity contribution in [2.75, 3.05) is 33.5 Å². The number of benzene rings is 1. The summed E-state index contributed by atoms with van der Waals surface area (Å²) in [4.78, 5) is 25.4. The SMILES string of the molecule is CCn1nc(CC(C)(C)COC(=O)c2ccc(OC)cc2)c2c1C(=O)NCCCOCCC2. The highest BCUT2D eigenvalue weighted by molar-refractivity contribution is 5.94. The van der Waals surface area contributed by atoms with Crippen LogP contribution in [0.2, 0.25) is 0 Å². The normalized spacial score (nSPS) is 15.2. The first kappa shape index (κ1) is 24.8. The molecule has 1 aliphatic heterocycles. The van der Waals surface area contributed by atoms with Gasteiger partial charge in [0.05, 0.1) is 25.0 Å². The van der Waals surface area contributed by atoms with Gasteiger partial charge in [-0.25, -0.2) is 4.79 Å². The molecule has 0 radical (unpaired) electrons. The average Bonchev–Trinajstić information content (AvgIpc) is 3.13. The Bertz CT molecular complexity index is 950. The Balaban J connectivity index is 1.74. The largest absolute Gasteiger partial charge is 0.497 e. The zero-order valence-corrected chi connectivity index (χ0v) is 20.1. The van der Waals surface area contributed by atoms with Gasteiger partial charge in [-0.2, -0.15) is 5.10 Å². The maximum absolute atomic E-state index is 12.9. The van der Waals surface area contributed by atoms with Crippen molar-refractivity contribution in [3.63, 3.8) is 0 Å². The molecular weight excluding hydrogens is 422 g/mol. The molecule has 0 unspecified atom stereocenters. The van der Waals surface area contributed by atoms with Gasteiger partial charge in [0.15, 0.2) is 0 Å². The molecule has 0 aliphatic carbocycles. The number of hydrogen-bond acceptors (Lipinski definition) is 6. The Kier molecular flexibility index (Phi) is 8.49. The first-order valence-corrected chi connectivity index (χ1v) is 11.6. The van der Waals surface area contributed by atoms with Crippen LogP contribution in [-0.4, -0.2) is 55.1 Å². The number of esters is 1. The standard InChI is InChI=1S/C25H35N3O5/c1-5-28-22-20(8-6-14-32-15-7-13-26-23(22)29)21(27-28)16-25(2,3)17-33-24(30)18-9-11-19(31-4)12-10-18/h9-12H,5-8,13-17H2,1-4H3,(H,26,29). The van der Waals surface area contributed by atoms with E-state index >= 15 is 0 Å². The van der Waals surface area contributed by atoms with Crippen molar-refractivity contribution >= 4 is 11.9 Å². The molecule has 180 valence electrons. The summed E-state index contributed by atoms with van der Waals surface area (Å²) in [6, 6.07) is 6.85. The number of amides is 1. The number of rotatable bonds is 7. The summed E-state index contributed by atoms with van der Waals surface area (Å²) in [6.45, 7) is 8.80. The van der Waals surface area contributed by atoms with Gasteiger partial charge in [-0.1, -0.05) is 13.8 Å². The minimum atomic E-state index is -0.374. The number of carbonyl (C=O) groups is 2. The lowest BCUT2D eigenvalue weighted by molar-refractivity contribution is 0.0339. The van der Waals surface area contributed by atoms with Crippen molar-refractivity contribution < 1.29 is 23.8 Å². The number of aromatic nitrogens is 2. The van der Waals surface area contributed by atoms with E-state index in [1.165, 1.54) is 0 Å². The molecule has 0 fully saturated rings. The Labute approximate surface area is 195 Å². The molecule has 0 saturated carbocycles. The quantitative estimate of drug-likeness (QED) is 0.641. The summed E-state index contributed by atoms with van der Waals surface area (Å²) in [7, 11) is 1.58. The molecule has 1 N–H and O–H groups in total. The van der Waals surface area contributed by atoms with Gasteiger partial charge in [0.1, 0.15) is 11.4 Å². The highest BCUT2D eigenvalue weighted by Crippen LogP contribution is 2.27. The minimum Gasteiger partial charge on any atom is -0.497 e. The number of nitrogens with one attached hydrogen (secondary N) is 1. The van der Waals surface area contributed by atoms with E-state index in [0.29, 0.717) is 49.7 Å². The van der Waals surface area contributed by atoms with E-state index in [2.05, 4.69) is 5.32 Å². The number of ether oxygens (including phenoxy) is 3. The third-order valence-electron chi connectivity index (χ3n) is 5.68. The molecule has 1 aromatic heterocycles. The fraction of sp³-hybridized carbons (Fsp3) is 0.560. The van der Waals surface area contributed by atoms with Gasteiger partial charge in [-0.15, -0.1) is 0 Å². The van der Waals surface area contributed by atoms with Gasteiger partial charge < -0.3 is 19.5 Å². The first-order chi connectivity index (χ1) is 15.8. The van der Waals surface area contributed by atoms with Gasteiger partial charge in [-0.05, 0) is 50.5 Å². The Morgan fingerprint density at radius 1 is 1.21 bits per heavy atom. The highest BCUT2D eigenvalue weighted by Gasteiger charge is 2.29. The topological polar surface area (TPSA) is 91.7 Å². The van der Waals surface area contributed by atoms with Crippen LogP contribution in [0.15, 0.2) is 24.3 Å². The maximum Gasteiger partial charge on any atom is 0.338 e. The average molecular weight is 458 g/mol. The lowest BCUT2D eigenvalue weighted by atomic mass is 9.86. The van der Waals surface area contributed by atoms with Gasteiger partial charge in [0, 0.05) is 43.7 Å². The molecule has 8 nitrogen and oxygen atoms in total. The number of hydrogen-bond donors (Lipinski definition) is 1. The van der Waals surface area contributed by atoms with E-state index in [9.17, 15) is 9.59 Å². The Morgan fingerprint density at radius 2 is 1.94 bits per heavy atom. The number of nitrogens with zero attached hydrogens (tertiary/aromatic N) is 2. The Morgan fingerprint density at radius 3 is 2.64 bits per heavy atom. The molecule has 8 heteroatoms. The molecule has 0 atom stereocenters. The second-order valence-electron chi connectivity index (χ2n) is 9.06. The summed E-state index contributed by atoms with van der Waals surface area (Å²) < 4.78 is 18.2. The van der Waals surface area contributed by atoms with Crippen LogP contribution in [0.3, 0.4) is 0 Å².